The van der Waals surface area contributed by atoms with E-state index < -0.39 is 6.09 Å². The number of hydrogen-bond acceptors (Lipinski definition) is 4. The fourth-order valence-corrected chi connectivity index (χ4v) is 2.36. The second-order valence-electron chi connectivity index (χ2n) is 4.90. The Balaban J connectivity index is 2.45. The fraction of sp³-hybridized carbons (Fsp3) is 0.429. The van der Waals surface area contributed by atoms with Gasteiger partial charge < -0.3 is 9.94 Å². The van der Waals surface area contributed by atoms with E-state index in [-0.39, 0.29) is 6.10 Å². The van der Waals surface area contributed by atoms with Crippen molar-refractivity contribution in [2.24, 2.45) is 5.16 Å². The van der Waals surface area contributed by atoms with Crippen molar-refractivity contribution in [1.29, 1.82) is 0 Å². The molecule has 0 unspecified atom stereocenters. The molecule has 1 aromatic rings. The lowest BCUT2D eigenvalue weighted by atomic mass is 10.1. The van der Waals surface area contributed by atoms with Crippen LogP contribution in [-0.4, -0.2) is 29.7 Å². The van der Waals surface area contributed by atoms with Gasteiger partial charge in [0, 0.05) is 17.1 Å². The molecule has 1 N–H and O–H groups in total. The average Bonchev–Trinajstić information content (AvgIpc) is 2.56. The van der Waals surface area contributed by atoms with Crippen LogP contribution < -0.4 is 4.90 Å². The zero-order valence-corrected chi connectivity index (χ0v) is 12.2. The van der Waals surface area contributed by atoms with Crippen LogP contribution in [0.1, 0.15) is 32.3 Å². The Morgan fingerprint density at radius 3 is 2.90 bits per heavy atom. The molecule has 0 aromatic heterocycles. The third-order valence-electron chi connectivity index (χ3n) is 3.03. The van der Waals surface area contributed by atoms with Crippen molar-refractivity contribution >= 4 is 29.1 Å². The third kappa shape index (κ3) is 3.04. The number of carbonyl (C=O) groups excluding carboxylic acids is 1. The van der Waals surface area contributed by atoms with Crippen molar-refractivity contribution in [3.63, 3.8) is 0 Å². The van der Waals surface area contributed by atoms with Gasteiger partial charge in [-0.15, -0.1) is 0 Å². The molecule has 1 heterocycles. The fourth-order valence-electron chi connectivity index (χ4n) is 2.19. The second-order valence-corrected chi connectivity index (χ2v) is 5.33. The molecule has 0 atom stereocenters. The molecule has 0 saturated carbocycles. The van der Waals surface area contributed by atoms with Crippen LogP contribution in [-0.2, 0) is 4.74 Å². The van der Waals surface area contributed by atoms with Crippen LogP contribution >= 0.6 is 11.6 Å². The van der Waals surface area contributed by atoms with E-state index in [1.807, 2.05) is 0 Å². The summed E-state index contributed by atoms with van der Waals surface area (Å²) >= 11 is 6.02. The highest BCUT2D eigenvalue weighted by Gasteiger charge is 2.26. The Hall–Kier alpha value is -1.75. The maximum absolute atomic E-state index is 12.2. The number of carbonyl (C=O) groups is 1. The molecule has 5 nitrogen and oxygen atoms in total. The summed E-state index contributed by atoms with van der Waals surface area (Å²) in [6.07, 6.45) is 0.678. The maximum atomic E-state index is 12.2. The Bertz CT molecular complexity index is 543. The summed E-state index contributed by atoms with van der Waals surface area (Å²) in [7, 11) is 0. The third-order valence-corrected chi connectivity index (χ3v) is 3.27. The first-order valence-corrected chi connectivity index (χ1v) is 6.89. The zero-order valence-electron chi connectivity index (χ0n) is 11.5. The van der Waals surface area contributed by atoms with Crippen LogP contribution in [0, 0.1) is 0 Å². The largest absolute Gasteiger partial charge is 0.446 e. The van der Waals surface area contributed by atoms with Crippen molar-refractivity contribution < 1.29 is 14.7 Å². The number of ether oxygens (including phenoxy) is 1. The van der Waals surface area contributed by atoms with Crippen molar-refractivity contribution in [3.8, 4) is 0 Å². The van der Waals surface area contributed by atoms with Gasteiger partial charge in [-0.05, 0) is 44.9 Å². The minimum absolute atomic E-state index is 0.195. The van der Waals surface area contributed by atoms with Crippen LogP contribution in [0.15, 0.2) is 23.4 Å². The van der Waals surface area contributed by atoms with E-state index in [1.54, 1.807) is 36.9 Å². The number of amides is 1. The van der Waals surface area contributed by atoms with E-state index in [0.29, 0.717) is 41.4 Å². The molecule has 2 rings (SSSR count). The molecule has 1 aliphatic rings. The molecular weight excluding hydrogens is 280 g/mol. The van der Waals surface area contributed by atoms with Crippen LogP contribution in [0.5, 0.6) is 0 Å². The lowest BCUT2D eigenvalue weighted by Crippen LogP contribution is -2.34. The number of oxime groups is 1. The molecule has 1 aromatic carbocycles. The number of hydrogen-bond donors (Lipinski definition) is 1. The first-order chi connectivity index (χ1) is 9.52. The molecule has 108 valence electrons. The lowest BCUT2D eigenvalue weighted by Gasteiger charge is -2.23. The maximum Gasteiger partial charge on any atom is 0.414 e. The van der Waals surface area contributed by atoms with E-state index in [4.69, 9.17) is 21.5 Å². The van der Waals surface area contributed by atoms with Crippen molar-refractivity contribution in [3.05, 3.63) is 28.8 Å². The Morgan fingerprint density at radius 1 is 1.50 bits per heavy atom. The predicted octanol–water partition coefficient (Wildman–Crippen LogP) is 3.66. The smallest absolute Gasteiger partial charge is 0.414 e. The van der Waals surface area contributed by atoms with E-state index in [9.17, 15) is 4.79 Å². The van der Waals surface area contributed by atoms with Crippen molar-refractivity contribution in [1.82, 2.24) is 0 Å². The van der Waals surface area contributed by atoms with E-state index in [2.05, 4.69) is 5.16 Å². The molecule has 20 heavy (non-hydrogen) atoms. The number of rotatable bonds is 1. The molecule has 6 heteroatoms. The highest BCUT2D eigenvalue weighted by molar-refractivity contribution is 6.31. The molecule has 1 amide bonds. The number of nitrogens with zero attached hydrogens (tertiary/aromatic N) is 2. The first-order valence-electron chi connectivity index (χ1n) is 6.52. The van der Waals surface area contributed by atoms with Crippen LogP contribution in [0.3, 0.4) is 0 Å². The number of halogens is 1. The summed E-state index contributed by atoms with van der Waals surface area (Å²) in [4.78, 5) is 13.7. The number of fused-ring (bicyclic) bond motifs is 1. The quantitative estimate of drug-likeness (QED) is 0.635. The number of anilines is 1. The lowest BCUT2D eigenvalue weighted by molar-refractivity contribution is 0.122. The van der Waals surface area contributed by atoms with Crippen LogP contribution in [0.25, 0.3) is 0 Å². The SMILES string of the molecule is CC(C)OC(=O)N1CCC/C(=N/O)c2ccc(Cl)cc21. The monoisotopic (exact) mass is 296 g/mol. The summed E-state index contributed by atoms with van der Waals surface area (Å²) < 4.78 is 5.25. The summed E-state index contributed by atoms with van der Waals surface area (Å²) in [5.74, 6) is 0. The summed E-state index contributed by atoms with van der Waals surface area (Å²) in [6.45, 7) is 4.10. The second kappa shape index (κ2) is 6.13. The topological polar surface area (TPSA) is 62.1 Å². The van der Waals surface area contributed by atoms with Gasteiger partial charge in [0.25, 0.3) is 0 Å². The Kier molecular flexibility index (Phi) is 4.49. The highest BCUT2D eigenvalue weighted by atomic mass is 35.5. The average molecular weight is 297 g/mol. The van der Waals surface area contributed by atoms with Gasteiger partial charge in [0.05, 0.1) is 17.5 Å². The molecule has 0 spiro atoms. The van der Waals surface area contributed by atoms with Gasteiger partial charge in [-0.25, -0.2) is 4.79 Å². The predicted molar refractivity (Wildman–Crippen MR) is 78.0 cm³/mol. The highest BCUT2D eigenvalue weighted by Crippen LogP contribution is 2.30. The standard InChI is InChI=1S/C14H17ClN2O3/c1-9(2)20-14(18)17-7-3-4-12(16-19)11-6-5-10(15)8-13(11)17/h5-6,8-9,19H,3-4,7H2,1-2H3/b16-12-. The Labute approximate surface area is 122 Å². The zero-order chi connectivity index (χ0) is 14.7. The number of benzene rings is 1. The van der Waals surface area contributed by atoms with Crippen LogP contribution in [0.4, 0.5) is 10.5 Å². The van der Waals surface area contributed by atoms with Crippen molar-refractivity contribution in [2.45, 2.75) is 32.8 Å². The molecule has 0 radical (unpaired) electrons. The normalized spacial score (nSPS) is 17.0. The first kappa shape index (κ1) is 14.7. The molecule has 0 saturated heterocycles. The van der Waals surface area contributed by atoms with Gasteiger partial charge in [0.1, 0.15) is 0 Å². The summed E-state index contributed by atoms with van der Waals surface area (Å²) in [5.41, 5.74) is 1.88. The van der Waals surface area contributed by atoms with Crippen LogP contribution in [0.2, 0.25) is 5.02 Å². The van der Waals surface area contributed by atoms with Gasteiger partial charge in [-0.2, -0.15) is 0 Å². The van der Waals surface area contributed by atoms with Crippen molar-refractivity contribution in [2.75, 3.05) is 11.4 Å². The Morgan fingerprint density at radius 2 is 2.25 bits per heavy atom. The minimum atomic E-state index is -0.414. The molecular formula is C14H17ClN2O3. The molecule has 0 fully saturated rings. The summed E-state index contributed by atoms with van der Waals surface area (Å²) in [5, 5.41) is 13.0. The van der Waals surface area contributed by atoms with Gasteiger partial charge in [0.15, 0.2) is 0 Å². The van der Waals surface area contributed by atoms with E-state index >= 15 is 0 Å². The molecule has 0 bridgehead atoms. The summed E-state index contributed by atoms with van der Waals surface area (Å²) in [6, 6.07) is 5.16. The van der Waals surface area contributed by atoms with Gasteiger partial charge in [-0.1, -0.05) is 16.8 Å². The minimum Gasteiger partial charge on any atom is -0.446 e. The van der Waals surface area contributed by atoms with Gasteiger partial charge >= 0.3 is 6.09 Å². The van der Waals surface area contributed by atoms with E-state index in [0.717, 1.165) is 0 Å². The van der Waals surface area contributed by atoms with Gasteiger partial charge in [0.2, 0.25) is 0 Å². The van der Waals surface area contributed by atoms with Gasteiger partial charge in [-0.3, -0.25) is 4.90 Å². The molecule has 0 aliphatic carbocycles. The van der Waals surface area contributed by atoms with E-state index in [1.165, 1.54) is 0 Å². The molecule has 1 aliphatic heterocycles.